The van der Waals surface area contributed by atoms with Gasteiger partial charge >= 0.3 is 0 Å². The standard InChI is InChI=1S/C13H19N3O2S/c1-16-7-10(11(8-16)18-2)15-12(17)9-5-4-6-14-13(9)19-3/h4-6,10-11H,7-8H2,1-3H3,(H,15,17)/t10-,11-/m0/s1. The third-order valence-electron chi connectivity index (χ3n) is 3.28. The van der Waals surface area contributed by atoms with Crippen molar-refractivity contribution < 1.29 is 9.53 Å². The van der Waals surface area contributed by atoms with E-state index in [4.69, 9.17) is 4.74 Å². The monoisotopic (exact) mass is 281 g/mol. The molecule has 1 amide bonds. The highest BCUT2D eigenvalue weighted by molar-refractivity contribution is 7.98. The van der Waals surface area contributed by atoms with Crippen molar-refractivity contribution in [3.05, 3.63) is 23.9 Å². The van der Waals surface area contributed by atoms with Gasteiger partial charge in [0.15, 0.2) is 0 Å². The summed E-state index contributed by atoms with van der Waals surface area (Å²) < 4.78 is 5.41. The average Bonchev–Trinajstić information content (AvgIpc) is 2.78. The van der Waals surface area contributed by atoms with E-state index in [9.17, 15) is 4.79 Å². The number of amides is 1. The Kier molecular flexibility index (Phi) is 4.79. The van der Waals surface area contributed by atoms with Gasteiger partial charge in [-0.2, -0.15) is 0 Å². The third-order valence-corrected chi connectivity index (χ3v) is 3.99. The lowest BCUT2D eigenvalue weighted by atomic mass is 10.2. The Labute approximate surface area is 117 Å². The Bertz CT molecular complexity index is 455. The highest BCUT2D eigenvalue weighted by Crippen LogP contribution is 2.18. The number of pyridine rings is 1. The van der Waals surface area contributed by atoms with Gasteiger partial charge in [0.1, 0.15) is 5.03 Å². The van der Waals surface area contributed by atoms with Crippen LogP contribution in [0.3, 0.4) is 0 Å². The maximum atomic E-state index is 12.3. The molecule has 1 fully saturated rings. The van der Waals surface area contributed by atoms with Crippen molar-refractivity contribution in [3.8, 4) is 0 Å². The van der Waals surface area contributed by atoms with Crippen molar-refractivity contribution in [2.45, 2.75) is 17.2 Å². The maximum Gasteiger partial charge on any atom is 0.254 e. The fourth-order valence-corrected chi connectivity index (χ4v) is 2.86. The zero-order chi connectivity index (χ0) is 13.8. The molecule has 2 rings (SSSR count). The van der Waals surface area contributed by atoms with Crippen LogP contribution in [0.2, 0.25) is 0 Å². The number of nitrogens with zero attached hydrogens (tertiary/aromatic N) is 2. The van der Waals surface area contributed by atoms with Gasteiger partial charge in [-0.3, -0.25) is 4.79 Å². The molecule has 1 aliphatic heterocycles. The van der Waals surface area contributed by atoms with Crippen molar-refractivity contribution >= 4 is 17.7 Å². The van der Waals surface area contributed by atoms with Crippen molar-refractivity contribution in [2.75, 3.05) is 33.5 Å². The summed E-state index contributed by atoms with van der Waals surface area (Å²) in [6, 6.07) is 3.61. The Hall–Kier alpha value is -1.11. The minimum atomic E-state index is -0.0835. The highest BCUT2D eigenvalue weighted by atomic mass is 32.2. The third kappa shape index (κ3) is 3.26. The average molecular weight is 281 g/mol. The number of likely N-dealkylation sites (tertiary alicyclic amines) is 1. The second-order valence-electron chi connectivity index (χ2n) is 4.64. The SMILES string of the molecule is CO[C@H]1CN(C)C[C@@H]1NC(=O)c1cccnc1SC. The zero-order valence-electron chi connectivity index (χ0n) is 11.4. The first-order chi connectivity index (χ1) is 9.15. The summed E-state index contributed by atoms with van der Waals surface area (Å²) in [6.45, 7) is 1.64. The lowest BCUT2D eigenvalue weighted by Gasteiger charge is -2.19. The van der Waals surface area contributed by atoms with Crippen LogP contribution in [-0.2, 0) is 4.74 Å². The summed E-state index contributed by atoms with van der Waals surface area (Å²) in [6.07, 6.45) is 3.66. The van der Waals surface area contributed by atoms with Crippen LogP contribution in [0.4, 0.5) is 0 Å². The minimum absolute atomic E-state index is 0.0254. The van der Waals surface area contributed by atoms with Crippen molar-refractivity contribution in [3.63, 3.8) is 0 Å². The smallest absolute Gasteiger partial charge is 0.254 e. The lowest BCUT2D eigenvalue weighted by molar-refractivity contribution is 0.0763. The van der Waals surface area contributed by atoms with Crippen LogP contribution in [0.15, 0.2) is 23.4 Å². The molecule has 0 aromatic carbocycles. The maximum absolute atomic E-state index is 12.3. The molecular weight excluding hydrogens is 262 g/mol. The number of aromatic nitrogens is 1. The van der Waals surface area contributed by atoms with E-state index in [0.29, 0.717) is 5.56 Å². The number of likely N-dealkylation sites (N-methyl/N-ethyl adjacent to an activating group) is 1. The predicted octanol–water partition coefficient (Wildman–Crippen LogP) is 0.862. The molecule has 19 heavy (non-hydrogen) atoms. The summed E-state index contributed by atoms with van der Waals surface area (Å²) >= 11 is 1.48. The summed E-state index contributed by atoms with van der Waals surface area (Å²) in [4.78, 5) is 18.7. The van der Waals surface area contributed by atoms with Gasteiger partial charge in [-0.05, 0) is 25.4 Å². The molecule has 1 N–H and O–H groups in total. The number of hydrogen-bond acceptors (Lipinski definition) is 5. The largest absolute Gasteiger partial charge is 0.378 e. The Morgan fingerprint density at radius 3 is 3.05 bits per heavy atom. The van der Waals surface area contributed by atoms with Gasteiger partial charge < -0.3 is 15.0 Å². The summed E-state index contributed by atoms with van der Waals surface area (Å²) in [5, 5.41) is 3.79. The number of thioether (sulfide) groups is 1. The molecule has 0 bridgehead atoms. The fraction of sp³-hybridized carbons (Fsp3) is 0.538. The van der Waals surface area contributed by atoms with Gasteiger partial charge in [0.2, 0.25) is 0 Å². The van der Waals surface area contributed by atoms with E-state index in [-0.39, 0.29) is 18.1 Å². The molecule has 2 atom stereocenters. The normalized spacial score (nSPS) is 23.5. The fourth-order valence-electron chi connectivity index (χ4n) is 2.31. The number of carbonyl (C=O) groups excluding carboxylic acids is 1. The molecule has 0 spiro atoms. The quantitative estimate of drug-likeness (QED) is 0.830. The molecule has 2 heterocycles. The molecule has 0 radical (unpaired) electrons. The minimum Gasteiger partial charge on any atom is -0.378 e. The molecule has 0 aliphatic carbocycles. The lowest BCUT2D eigenvalue weighted by Crippen LogP contribution is -2.43. The topological polar surface area (TPSA) is 54.5 Å². The van der Waals surface area contributed by atoms with Crippen molar-refractivity contribution in [1.29, 1.82) is 0 Å². The highest BCUT2D eigenvalue weighted by Gasteiger charge is 2.32. The molecule has 0 unspecified atom stereocenters. The number of nitrogens with one attached hydrogen (secondary N) is 1. The van der Waals surface area contributed by atoms with Crippen molar-refractivity contribution in [1.82, 2.24) is 15.2 Å². The number of methoxy groups -OCH3 is 1. The predicted molar refractivity (Wildman–Crippen MR) is 75.6 cm³/mol. The van der Waals surface area contributed by atoms with Crippen LogP contribution in [0, 0.1) is 0 Å². The number of rotatable bonds is 4. The van der Waals surface area contributed by atoms with Gasteiger partial charge in [-0.15, -0.1) is 11.8 Å². The number of hydrogen-bond donors (Lipinski definition) is 1. The number of ether oxygens (including phenoxy) is 1. The molecule has 1 aromatic rings. The van der Waals surface area contributed by atoms with Gasteiger partial charge in [0.25, 0.3) is 5.91 Å². The zero-order valence-corrected chi connectivity index (χ0v) is 12.2. The molecule has 0 saturated carbocycles. The first kappa shape index (κ1) is 14.3. The van der Waals surface area contributed by atoms with Crippen molar-refractivity contribution in [2.24, 2.45) is 0 Å². The van der Waals surface area contributed by atoms with Crippen LogP contribution in [0.25, 0.3) is 0 Å². The van der Waals surface area contributed by atoms with E-state index in [2.05, 4.69) is 15.2 Å². The van der Waals surface area contributed by atoms with Gasteiger partial charge in [-0.1, -0.05) is 0 Å². The molecular formula is C13H19N3O2S. The Balaban J connectivity index is 2.08. The molecule has 5 nitrogen and oxygen atoms in total. The van der Waals surface area contributed by atoms with E-state index >= 15 is 0 Å². The van der Waals surface area contributed by atoms with Crippen LogP contribution in [0.1, 0.15) is 10.4 Å². The van der Waals surface area contributed by atoms with Crippen LogP contribution >= 0.6 is 11.8 Å². The van der Waals surface area contributed by atoms with Gasteiger partial charge in [0.05, 0.1) is 17.7 Å². The molecule has 1 saturated heterocycles. The van der Waals surface area contributed by atoms with Gasteiger partial charge in [-0.25, -0.2) is 4.98 Å². The first-order valence-electron chi connectivity index (χ1n) is 6.17. The van der Waals surface area contributed by atoms with Crippen LogP contribution < -0.4 is 5.32 Å². The van der Waals surface area contributed by atoms with Crippen LogP contribution in [-0.4, -0.2) is 61.4 Å². The summed E-state index contributed by atoms with van der Waals surface area (Å²) in [5.41, 5.74) is 0.624. The van der Waals surface area contributed by atoms with E-state index in [1.54, 1.807) is 25.4 Å². The molecule has 1 aromatic heterocycles. The molecule has 104 valence electrons. The Morgan fingerprint density at radius 2 is 2.37 bits per heavy atom. The Morgan fingerprint density at radius 1 is 1.58 bits per heavy atom. The van der Waals surface area contributed by atoms with E-state index in [1.165, 1.54) is 11.8 Å². The second-order valence-corrected chi connectivity index (χ2v) is 5.43. The van der Waals surface area contributed by atoms with Gasteiger partial charge in [0, 0.05) is 26.4 Å². The summed E-state index contributed by atoms with van der Waals surface area (Å²) in [5.74, 6) is -0.0835. The van der Waals surface area contributed by atoms with Crippen LogP contribution in [0.5, 0.6) is 0 Å². The molecule has 1 aliphatic rings. The number of carbonyl (C=O) groups is 1. The summed E-state index contributed by atoms with van der Waals surface area (Å²) in [7, 11) is 3.70. The first-order valence-corrected chi connectivity index (χ1v) is 7.39. The van der Waals surface area contributed by atoms with E-state index in [0.717, 1.165) is 18.1 Å². The molecule has 6 heteroatoms. The van der Waals surface area contributed by atoms with E-state index < -0.39 is 0 Å². The second kappa shape index (κ2) is 6.36. The van der Waals surface area contributed by atoms with E-state index in [1.807, 2.05) is 13.3 Å².